The number of anilines is 2. The van der Waals surface area contributed by atoms with Crippen LogP contribution in [0.25, 0.3) is 10.9 Å². The van der Waals surface area contributed by atoms with Crippen molar-refractivity contribution in [3.8, 4) is 11.5 Å². The number of nitrogens with one attached hydrogen (secondary N) is 2. The van der Waals surface area contributed by atoms with E-state index in [4.69, 9.17) is 4.74 Å². The maximum absolute atomic E-state index is 9.99. The Labute approximate surface area is 183 Å². The molecule has 0 saturated carbocycles. The number of nitrogens with zero attached hydrogens (tertiary/aromatic N) is 2. The van der Waals surface area contributed by atoms with Gasteiger partial charge in [-0.2, -0.15) is 4.98 Å². The highest BCUT2D eigenvalue weighted by molar-refractivity contribution is 9.10. The van der Waals surface area contributed by atoms with Crippen LogP contribution in [-0.4, -0.2) is 22.2 Å². The van der Waals surface area contributed by atoms with E-state index in [-0.39, 0.29) is 5.75 Å². The number of aromatic nitrogens is 2. The number of phenols is 1. The van der Waals surface area contributed by atoms with Crippen LogP contribution in [0.3, 0.4) is 0 Å². The van der Waals surface area contributed by atoms with Gasteiger partial charge in [-0.3, -0.25) is 0 Å². The molecule has 0 aliphatic heterocycles. The van der Waals surface area contributed by atoms with Gasteiger partial charge >= 0.3 is 0 Å². The smallest absolute Gasteiger partial charge is 0.225 e. The molecule has 0 atom stereocenters. The number of benzene rings is 3. The first-order valence-electron chi connectivity index (χ1n) is 9.48. The van der Waals surface area contributed by atoms with Crippen molar-refractivity contribution in [3.05, 3.63) is 82.3 Å². The number of para-hydroxylation sites is 1. The molecule has 0 bridgehead atoms. The standard InChI is InChI=1S/C23H21BrN4O2/c1-30-20-12-16(11-18(24)21(20)29)14-26-23-27-19-10-6-5-9-17(19)22(28-23)25-13-15-7-3-2-4-8-15/h2-12,29H,13-14H2,1H3,(H2,25,26,27,28). The summed E-state index contributed by atoms with van der Waals surface area (Å²) < 4.78 is 5.79. The Bertz CT molecular complexity index is 1170. The topological polar surface area (TPSA) is 79.3 Å². The molecule has 0 unspecified atom stereocenters. The van der Waals surface area contributed by atoms with Gasteiger partial charge in [0, 0.05) is 18.5 Å². The quantitative estimate of drug-likeness (QED) is 0.343. The molecule has 1 aromatic heterocycles. The molecule has 6 nitrogen and oxygen atoms in total. The van der Waals surface area contributed by atoms with Crippen molar-refractivity contribution < 1.29 is 9.84 Å². The van der Waals surface area contributed by atoms with E-state index in [1.807, 2.05) is 48.5 Å². The molecule has 3 aromatic carbocycles. The van der Waals surface area contributed by atoms with Crippen LogP contribution in [0.2, 0.25) is 0 Å². The zero-order valence-corrected chi connectivity index (χ0v) is 18.0. The average Bonchev–Trinajstić information content (AvgIpc) is 2.78. The van der Waals surface area contributed by atoms with Crippen LogP contribution in [0.4, 0.5) is 11.8 Å². The molecule has 0 fully saturated rings. The van der Waals surface area contributed by atoms with Gasteiger partial charge < -0.3 is 20.5 Å². The van der Waals surface area contributed by atoms with Crippen LogP contribution in [-0.2, 0) is 13.1 Å². The van der Waals surface area contributed by atoms with Crippen molar-refractivity contribution in [1.29, 1.82) is 0 Å². The van der Waals surface area contributed by atoms with Gasteiger partial charge in [-0.25, -0.2) is 4.98 Å². The Morgan fingerprint density at radius 3 is 2.43 bits per heavy atom. The number of phenolic OH excluding ortho intramolecular Hbond substituents is 1. The van der Waals surface area contributed by atoms with Crippen LogP contribution in [0.5, 0.6) is 11.5 Å². The number of rotatable bonds is 7. The lowest BCUT2D eigenvalue weighted by Crippen LogP contribution is -2.08. The molecule has 152 valence electrons. The molecule has 3 N–H and O–H groups in total. The second-order valence-corrected chi connectivity index (χ2v) is 7.59. The predicted octanol–water partition coefficient (Wildman–Crippen LogP) is 5.33. The van der Waals surface area contributed by atoms with Crippen LogP contribution < -0.4 is 15.4 Å². The summed E-state index contributed by atoms with van der Waals surface area (Å²) in [4.78, 5) is 9.32. The number of halogens is 1. The molecule has 0 amide bonds. The van der Waals surface area contributed by atoms with Gasteiger partial charge in [0.25, 0.3) is 0 Å². The van der Waals surface area contributed by atoms with Crippen LogP contribution in [0.1, 0.15) is 11.1 Å². The van der Waals surface area contributed by atoms with Gasteiger partial charge in [0.15, 0.2) is 11.5 Å². The highest BCUT2D eigenvalue weighted by atomic mass is 79.9. The van der Waals surface area contributed by atoms with Crippen molar-refractivity contribution in [1.82, 2.24) is 9.97 Å². The molecule has 0 aliphatic carbocycles. The fourth-order valence-electron chi connectivity index (χ4n) is 3.14. The van der Waals surface area contributed by atoms with E-state index in [9.17, 15) is 5.11 Å². The van der Waals surface area contributed by atoms with E-state index in [2.05, 4.69) is 48.7 Å². The molecular formula is C23H21BrN4O2. The maximum atomic E-state index is 9.99. The fraction of sp³-hybridized carbons (Fsp3) is 0.130. The molecule has 0 aliphatic rings. The minimum Gasteiger partial charge on any atom is -0.503 e. The predicted molar refractivity (Wildman–Crippen MR) is 123 cm³/mol. The van der Waals surface area contributed by atoms with Crippen molar-refractivity contribution >= 4 is 38.6 Å². The van der Waals surface area contributed by atoms with Gasteiger partial charge in [0.05, 0.1) is 17.1 Å². The summed E-state index contributed by atoms with van der Waals surface area (Å²) in [5.74, 6) is 1.78. The summed E-state index contributed by atoms with van der Waals surface area (Å²) in [7, 11) is 1.52. The minimum absolute atomic E-state index is 0.0793. The number of aromatic hydroxyl groups is 1. The van der Waals surface area contributed by atoms with Gasteiger partial charge in [-0.15, -0.1) is 0 Å². The number of fused-ring (bicyclic) bond motifs is 1. The third kappa shape index (κ3) is 4.46. The van der Waals surface area contributed by atoms with E-state index >= 15 is 0 Å². The van der Waals surface area contributed by atoms with E-state index < -0.39 is 0 Å². The van der Waals surface area contributed by atoms with Crippen molar-refractivity contribution in [3.63, 3.8) is 0 Å². The van der Waals surface area contributed by atoms with Gasteiger partial charge in [0.2, 0.25) is 5.95 Å². The van der Waals surface area contributed by atoms with Gasteiger partial charge in [-0.05, 0) is 51.3 Å². The highest BCUT2D eigenvalue weighted by Crippen LogP contribution is 2.35. The van der Waals surface area contributed by atoms with Crippen LogP contribution in [0.15, 0.2) is 71.2 Å². The van der Waals surface area contributed by atoms with E-state index in [1.54, 1.807) is 6.07 Å². The molecule has 4 aromatic rings. The second-order valence-electron chi connectivity index (χ2n) is 6.73. The van der Waals surface area contributed by atoms with E-state index in [0.29, 0.717) is 29.3 Å². The molecule has 30 heavy (non-hydrogen) atoms. The third-order valence-corrected chi connectivity index (χ3v) is 5.27. The maximum Gasteiger partial charge on any atom is 0.225 e. The third-order valence-electron chi connectivity index (χ3n) is 4.66. The van der Waals surface area contributed by atoms with Crippen molar-refractivity contribution in [2.45, 2.75) is 13.1 Å². The largest absolute Gasteiger partial charge is 0.503 e. The summed E-state index contributed by atoms with van der Waals surface area (Å²) >= 11 is 3.35. The Hall–Kier alpha value is -3.32. The lowest BCUT2D eigenvalue weighted by atomic mass is 10.2. The molecule has 4 rings (SSSR count). The first kappa shape index (κ1) is 20.0. The normalized spacial score (nSPS) is 10.7. The van der Waals surface area contributed by atoms with Crippen LogP contribution in [0, 0.1) is 0 Å². The summed E-state index contributed by atoms with van der Waals surface area (Å²) in [6, 6.07) is 21.7. The number of ether oxygens (including phenoxy) is 1. The molecule has 7 heteroatoms. The number of hydrogen-bond donors (Lipinski definition) is 3. The Kier molecular flexibility index (Phi) is 5.99. The first-order chi connectivity index (χ1) is 14.6. The molecule has 0 radical (unpaired) electrons. The number of hydrogen-bond acceptors (Lipinski definition) is 6. The second kappa shape index (κ2) is 9.00. The summed E-state index contributed by atoms with van der Waals surface area (Å²) in [5, 5.41) is 17.7. The highest BCUT2D eigenvalue weighted by Gasteiger charge is 2.11. The summed E-state index contributed by atoms with van der Waals surface area (Å²) in [6.45, 7) is 1.15. The van der Waals surface area contributed by atoms with Gasteiger partial charge in [-0.1, -0.05) is 42.5 Å². The SMILES string of the molecule is COc1cc(CNc2nc(NCc3ccccc3)c3ccccc3n2)cc(Br)c1O. The zero-order chi connectivity index (χ0) is 20.9. The molecular weight excluding hydrogens is 444 g/mol. The van der Waals surface area contributed by atoms with Crippen molar-refractivity contribution in [2.75, 3.05) is 17.7 Å². The molecule has 0 spiro atoms. The van der Waals surface area contributed by atoms with Gasteiger partial charge in [0.1, 0.15) is 5.82 Å². The minimum atomic E-state index is 0.0793. The summed E-state index contributed by atoms with van der Waals surface area (Å²) in [6.07, 6.45) is 0. The Morgan fingerprint density at radius 2 is 1.63 bits per heavy atom. The first-order valence-corrected chi connectivity index (χ1v) is 10.3. The summed E-state index contributed by atoms with van der Waals surface area (Å²) in [5.41, 5.74) is 2.96. The van der Waals surface area contributed by atoms with Crippen molar-refractivity contribution in [2.24, 2.45) is 0 Å². The Balaban J connectivity index is 1.58. The van der Waals surface area contributed by atoms with E-state index in [0.717, 1.165) is 22.3 Å². The lowest BCUT2D eigenvalue weighted by Gasteiger charge is -2.13. The lowest BCUT2D eigenvalue weighted by molar-refractivity contribution is 0.371. The Morgan fingerprint density at radius 1 is 0.900 bits per heavy atom. The zero-order valence-electron chi connectivity index (χ0n) is 16.4. The van der Waals surface area contributed by atoms with E-state index in [1.165, 1.54) is 12.7 Å². The fourth-order valence-corrected chi connectivity index (χ4v) is 3.63. The molecule has 1 heterocycles. The monoisotopic (exact) mass is 464 g/mol. The van der Waals surface area contributed by atoms with Crippen LogP contribution >= 0.6 is 15.9 Å². The average molecular weight is 465 g/mol. The molecule has 0 saturated heterocycles. The number of methoxy groups -OCH3 is 1.